The minimum absolute atomic E-state index is 0.0451. The first kappa shape index (κ1) is 21.6. The number of aliphatic carboxylic acids is 1. The number of aromatic hydroxyl groups is 1. The SMILES string of the molecule is CC(C)(CCC(=O)O)N(C#N)C(=O)c1ncc(O)c2ccc(Oc3ccccc3)cc12. The van der Waals surface area contributed by atoms with E-state index in [2.05, 4.69) is 4.98 Å². The Balaban J connectivity index is 2.02. The summed E-state index contributed by atoms with van der Waals surface area (Å²) >= 11 is 0. The highest BCUT2D eigenvalue weighted by atomic mass is 16.5. The van der Waals surface area contributed by atoms with Gasteiger partial charge in [-0.25, -0.2) is 9.88 Å². The normalized spacial score (nSPS) is 11.0. The third kappa shape index (κ3) is 4.73. The van der Waals surface area contributed by atoms with Crippen LogP contribution in [-0.2, 0) is 4.79 Å². The average Bonchev–Trinajstić information content (AvgIpc) is 2.73. The predicted octanol–water partition coefficient (Wildman–Crippen LogP) is 4.30. The molecule has 0 spiro atoms. The molecule has 0 aliphatic carbocycles. The van der Waals surface area contributed by atoms with Gasteiger partial charge in [-0.3, -0.25) is 9.59 Å². The highest BCUT2D eigenvalue weighted by Gasteiger charge is 2.34. The summed E-state index contributed by atoms with van der Waals surface area (Å²) in [6.07, 6.45) is 2.89. The van der Waals surface area contributed by atoms with Gasteiger partial charge in [-0.1, -0.05) is 18.2 Å². The van der Waals surface area contributed by atoms with Crippen LogP contribution >= 0.6 is 0 Å². The van der Waals surface area contributed by atoms with Gasteiger partial charge in [0.15, 0.2) is 6.19 Å². The topological polar surface area (TPSA) is 124 Å². The number of nitrogens with zero attached hydrogens (tertiary/aromatic N) is 3. The minimum Gasteiger partial charge on any atom is -0.506 e. The number of carboxylic acids is 1. The molecule has 0 bridgehead atoms. The van der Waals surface area contributed by atoms with Crippen LogP contribution in [-0.4, -0.2) is 37.5 Å². The summed E-state index contributed by atoms with van der Waals surface area (Å²) in [5.74, 6) is -0.814. The summed E-state index contributed by atoms with van der Waals surface area (Å²) in [5.41, 5.74) is -1.09. The van der Waals surface area contributed by atoms with Crippen molar-refractivity contribution in [3.8, 4) is 23.4 Å². The second-order valence-corrected chi connectivity index (χ2v) is 7.56. The Kier molecular flexibility index (Phi) is 6.07. The number of para-hydroxylation sites is 1. The summed E-state index contributed by atoms with van der Waals surface area (Å²) in [6, 6.07) is 13.9. The van der Waals surface area contributed by atoms with Crippen LogP contribution in [0.3, 0.4) is 0 Å². The Labute approximate surface area is 178 Å². The minimum atomic E-state index is -1.05. The van der Waals surface area contributed by atoms with Gasteiger partial charge in [0.1, 0.15) is 22.9 Å². The molecule has 8 nitrogen and oxygen atoms in total. The fraction of sp³-hybridized carbons (Fsp3) is 0.217. The molecule has 0 fully saturated rings. The Hall–Kier alpha value is -4.12. The fourth-order valence-electron chi connectivity index (χ4n) is 3.15. The largest absolute Gasteiger partial charge is 0.506 e. The summed E-state index contributed by atoms with van der Waals surface area (Å²) in [7, 11) is 0. The smallest absolute Gasteiger partial charge is 0.303 e. The summed E-state index contributed by atoms with van der Waals surface area (Å²) < 4.78 is 5.82. The van der Waals surface area contributed by atoms with E-state index in [-0.39, 0.29) is 24.3 Å². The van der Waals surface area contributed by atoms with Crippen LogP contribution in [0.15, 0.2) is 54.7 Å². The maximum atomic E-state index is 13.2. The number of amides is 1. The molecule has 1 amide bonds. The Bertz CT molecular complexity index is 1170. The first-order valence-corrected chi connectivity index (χ1v) is 9.53. The molecule has 31 heavy (non-hydrogen) atoms. The van der Waals surface area contributed by atoms with E-state index >= 15 is 0 Å². The monoisotopic (exact) mass is 419 g/mol. The quantitative estimate of drug-likeness (QED) is 0.432. The third-order valence-corrected chi connectivity index (χ3v) is 4.88. The molecule has 0 atom stereocenters. The maximum absolute atomic E-state index is 13.2. The van der Waals surface area contributed by atoms with E-state index in [1.807, 2.05) is 24.4 Å². The zero-order valence-corrected chi connectivity index (χ0v) is 17.1. The lowest BCUT2D eigenvalue weighted by Crippen LogP contribution is -2.45. The van der Waals surface area contributed by atoms with Gasteiger partial charge in [0, 0.05) is 17.2 Å². The van der Waals surface area contributed by atoms with Crippen LogP contribution < -0.4 is 4.74 Å². The number of aromatic nitrogens is 1. The molecule has 1 heterocycles. The highest BCUT2D eigenvalue weighted by Crippen LogP contribution is 2.33. The van der Waals surface area contributed by atoms with Crippen molar-refractivity contribution in [1.29, 1.82) is 5.26 Å². The summed E-state index contributed by atoms with van der Waals surface area (Å²) in [5, 5.41) is 29.5. The first-order valence-electron chi connectivity index (χ1n) is 9.53. The Morgan fingerprint density at radius 2 is 1.84 bits per heavy atom. The molecule has 8 heteroatoms. The van der Waals surface area contributed by atoms with Crippen LogP contribution in [0.4, 0.5) is 0 Å². The second kappa shape index (κ2) is 8.71. The van der Waals surface area contributed by atoms with E-state index < -0.39 is 17.4 Å². The lowest BCUT2D eigenvalue weighted by atomic mass is 9.95. The van der Waals surface area contributed by atoms with Gasteiger partial charge in [0.05, 0.1) is 11.7 Å². The number of carboxylic acid groups (broad SMARTS) is 1. The van der Waals surface area contributed by atoms with E-state index in [4.69, 9.17) is 9.84 Å². The van der Waals surface area contributed by atoms with Crippen molar-refractivity contribution < 1.29 is 24.5 Å². The molecule has 158 valence electrons. The number of hydrogen-bond donors (Lipinski definition) is 2. The lowest BCUT2D eigenvalue weighted by Gasteiger charge is -2.32. The molecule has 3 rings (SSSR count). The molecular formula is C23H21N3O5. The van der Waals surface area contributed by atoms with Crippen molar-refractivity contribution in [2.24, 2.45) is 0 Å². The summed E-state index contributed by atoms with van der Waals surface area (Å²) in [6.45, 7) is 3.23. The molecule has 0 saturated heterocycles. The van der Waals surface area contributed by atoms with Gasteiger partial charge >= 0.3 is 5.97 Å². The van der Waals surface area contributed by atoms with Crippen molar-refractivity contribution in [1.82, 2.24) is 9.88 Å². The number of pyridine rings is 1. The Morgan fingerprint density at radius 3 is 2.48 bits per heavy atom. The molecule has 0 radical (unpaired) electrons. The van der Waals surface area contributed by atoms with Crippen molar-refractivity contribution in [2.75, 3.05) is 0 Å². The molecule has 0 aliphatic rings. The fourth-order valence-corrected chi connectivity index (χ4v) is 3.15. The maximum Gasteiger partial charge on any atom is 0.303 e. The van der Waals surface area contributed by atoms with Crippen LogP contribution in [0.1, 0.15) is 37.2 Å². The van der Waals surface area contributed by atoms with Gasteiger partial charge in [0.2, 0.25) is 0 Å². The van der Waals surface area contributed by atoms with Crippen LogP contribution in [0, 0.1) is 11.5 Å². The second-order valence-electron chi connectivity index (χ2n) is 7.56. The van der Waals surface area contributed by atoms with Gasteiger partial charge < -0.3 is 14.9 Å². The third-order valence-electron chi connectivity index (χ3n) is 4.88. The van der Waals surface area contributed by atoms with Crippen molar-refractivity contribution in [3.63, 3.8) is 0 Å². The number of hydrogen-bond acceptors (Lipinski definition) is 6. The molecule has 2 aromatic carbocycles. The van der Waals surface area contributed by atoms with Gasteiger partial charge in [-0.15, -0.1) is 0 Å². The number of carbonyl (C=O) groups excluding carboxylic acids is 1. The highest BCUT2D eigenvalue weighted by molar-refractivity contribution is 6.07. The van der Waals surface area contributed by atoms with Gasteiger partial charge in [-0.2, -0.15) is 5.26 Å². The number of carbonyl (C=O) groups is 2. The molecule has 3 aromatic rings. The number of rotatable bonds is 7. The molecule has 0 saturated carbocycles. The van der Waals surface area contributed by atoms with E-state index in [0.717, 1.165) is 11.1 Å². The Morgan fingerprint density at radius 1 is 1.13 bits per heavy atom. The predicted molar refractivity (Wildman–Crippen MR) is 113 cm³/mol. The molecule has 1 aromatic heterocycles. The average molecular weight is 419 g/mol. The molecule has 0 unspecified atom stereocenters. The lowest BCUT2D eigenvalue weighted by molar-refractivity contribution is -0.137. The van der Waals surface area contributed by atoms with Crippen molar-refractivity contribution in [3.05, 3.63) is 60.4 Å². The molecular weight excluding hydrogens is 398 g/mol. The van der Waals surface area contributed by atoms with E-state index in [1.54, 1.807) is 44.2 Å². The number of fused-ring (bicyclic) bond motifs is 1. The van der Waals surface area contributed by atoms with Crippen molar-refractivity contribution in [2.45, 2.75) is 32.2 Å². The number of nitriles is 1. The molecule has 0 aliphatic heterocycles. The van der Waals surface area contributed by atoms with E-state index in [0.29, 0.717) is 22.3 Å². The van der Waals surface area contributed by atoms with Crippen LogP contribution in [0.5, 0.6) is 17.2 Å². The standard InChI is InChI=1S/C23H21N3O5/c1-23(2,11-10-20(28)29)26(14-24)22(30)21-18-12-16(31-15-6-4-3-5-7-15)8-9-17(18)19(27)13-25-21/h3-9,12-13,27H,10-11H2,1-2H3,(H,28,29). The van der Waals surface area contributed by atoms with Crippen molar-refractivity contribution >= 4 is 22.6 Å². The molecule has 2 N–H and O–H groups in total. The zero-order valence-electron chi connectivity index (χ0n) is 17.1. The van der Waals surface area contributed by atoms with Gasteiger partial charge in [0.25, 0.3) is 5.91 Å². The van der Waals surface area contributed by atoms with Crippen LogP contribution in [0.25, 0.3) is 10.8 Å². The van der Waals surface area contributed by atoms with E-state index in [1.165, 1.54) is 0 Å². The number of ether oxygens (including phenoxy) is 1. The number of benzene rings is 2. The van der Waals surface area contributed by atoms with Gasteiger partial charge in [-0.05, 0) is 50.6 Å². The van der Waals surface area contributed by atoms with E-state index in [9.17, 15) is 20.0 Å². The first-order chi connectivity index (χ1) is 14.7. The van der Waals surface area contributed by atoms with Crippen LogP contribution in [0.2, 0.25) is 0 Å². The summed E-state index contributed by atoms with van der Waals surface area (Å²) in [4.78, 5) is 29.2. The zero-order chi connectivity index (χ0) is 22.6.